The van der Waals surface area contributed by atoms with Gasteiger partial charge in [0.1, 0.15) is 5.82 Å². The maximum atomic E-state index is 14.6. The number of rotatable bonds is 3. The molecule has 2 heterocycles. The highest BCUT2D eigenvalue weighted by molar-refractivity contribution is 7.99. The summed E-state index contributed by atoms with van der Waals surface area (Å²) in [5, 5.41) is 5.87. The Morgan fingerprint density at radius 3 is 2.77 bits per heavy atom. The van der Waals surface area contributed by atoms with Gasteiger partial charge in [0.15, 0.2) is 6.30 Å². The van der Waals surface area contributed by atoms with Crippen LogP contribution < -0.4 is 10.3 Å². The number of hydrogen-bond acceptors (Lipinski definition) is 4. The number of benzene rings is 2. The van der Waals surface area contributed by atoms with E-state index in [9.17, 15) is 13.6 Å². The topological polar surface area (TPSA) is 35.6 Å². The van der Waals surface area contributed by atoms with Crippen molar-refractivity contribution < 1.29 is 13.6 Å². The fraction of sp³-hybridized carbons (Fsp3) is 0.211. The van der Waals surface area contributed by atoms with Gasteiger partial charge in [-0.3, -0.25) is 9.80 Å². The quantitative estimate of drug-likeness (QED) is 0.654. The Hall–Kier alpha value is -2.38. The summed E-state index contributed by atoms with van der Waals surface area (Å²) < 4.78 is 28.9. The molecule has 1 N–H and O–H groups in total. The first-order valence-electron chi connectivity index (χ1n) is 8.30. The van der Waals surface area contributed by atoms with E-state index in [0.717, 1.165) is 5.75 Å². The zero-order valence-corrected chi connectivity index (χ0v) is 14.7. The molecule has 1 fully saturated rings. The Morgan fingerprint density at radius 2 is 2.00 bits per heavy atom. The van der Waals surface area contributed by atoms with Crippen LogP contribution in [-0.2, 0) is 4.79 Å². The highest BCUT2D eigenvalue weighted by Gasteiger charge is 2.32. The average molecular weight is 373 g/mol. The molecule has 0 bridgehead atoms. The van der Waals surface area contributed by atoms with Gasteiger partial charge in [0, 0.05) is 29.8 Å². The van der Waals surface area contributed by atoms with E-state index < -0.39 is 18.0 Å². The Bertz CT molecular complexity index is 859. The molecule has 1 unspecified atom stereocenters. The van der Waals surface area contributed by atoms with Crippen molar-refractivity contribution in [1.82, 2.24) is 5.01 Å². The number of thioether (sulfide) groups is 1. The summed E-state index contributed by atoms with van der Waals surface area (Å²) in [5.74, 6) is 0.257. The van der Waals surface area contributed by atoms with E-state index >= 15 is 0 Å². The van der Waals surface area contributed by atoms with E-state index in [-0.39, 0.29) is 11.1 Å². The molecule has 134 valence electrons. The van der Waals surface area contributed by atoms with Gasteiger partial charge in [-0.05, 0) is 24.3 Å². The third-order valence-corrected chi connectivity index (χ3v) is 5.35. The van der Waals surface area contributed by atoms with Crippen molar-refractivity contribution in [2.45, 2.75) is 6.30 Å². The number of halogens is 2. The van der Waals surface area contributed by atoms with Crippen molar-refractivity contribution in [3.63, 3.8) is 0 Å². The van der Waals surface area contributed by atoms with Crippen LogP contribution in [0.2, 0.25) is 0 Å². The van der Waals surface area contributed by atoms with E-state index in [0.29, 0.717) is 23.7 Å². The molecule has 1 atom stereocenters. The first kappa shape index (κ1) is 17.1. The molecule has 4 nitrogen and oxygen atoms in total. The molecule has 2 aliphatic heterocycles. The number of para-hydroxylation sites is 1. The normalized spacial score (nSPS) is 21.5. The maximum Gasteiger partial charge on any atom is 0.258 e. The first-order chi connectivity index (χ1) is 12.6. The monoisotopic (exact) mass is 373 g/mol. The number of carbonyl (C=O) groups is 1. The molecule has 2 aromatic rings. The van der Waals surface area contributed by atoms with Crippen molar-refractivity contribution in [1.29, 1.82) is 0 Å². The fourth-order valence-electron chi connectivity index (χ4n) is 3.14. The van der Waals surface area contributed by atoms with E-state index in [2.05, 4.69) is 5.32 Å². The standard InChI is InChI=1S/C19H17F2N3OS/c20-15-7-4-8-16-18(15)14(19(25)22-16)11-24(13-5-2-1-3-6-13)23-9-10-26-12-17(23)21/h1-8,11,17H,9-10,12H2,(H,22,25). The van der Waals surface area contributed by atoms with E-state index in [1.54, 1.807) is 33.9 Å². The van der Waals surface area contributed by atoms with E-state index in [4.69, 9.17) is 0 Å². The number of hydrazine groups is 1. The highest BCUT2D eigenvalue weighted by Crippen LogP contribution is 2.35. The molecule has 1 amide bonds. The summed E-state index contributed by atoms with van der Waals surface area (Å²) in [6.45, 7) is 0.496. The van der Waals surface area contributed by atoms with Gasteiger partial charge in [-0.1, -0.05) is 24.3 Å². The molecule has 26 heavy (non-hydrogen) atoms. The van der Waals surface area contributed by atoms with Gasteiger partial charge >= 0.3 is 0 Å². The Balaban J connectivity index is 1.81. The summed E-state index contributed by atoms with van der Waals surface area (Å²) >= 11 is 1.55. The van der Waals surface area contributed by atoms with Crippen LogP contribution in [0.4, 0.5) is 20.2 Å². The van der Waals surface area contributed by atoms with Crippen LogP contribution in [0.1, 0.15) is 5.56 Å². The van der Waals surface area contributed by atoms with Crippen LogP contribution in [0, 0.1) is 5.82 Å². The molecule has 7 heteroatoms. The lowest BCUT2D eigenvalue weighted by atomic mass is 10.1. The molecule has 0 aliphatic carbocycles. The van der Waals surface area contributed by atoms with Crippen LogP contribution in [0.3, 0.4) is 0 Å². The summed E-state index contributed by atoms with van der Waals surface area (Å²) in [5.41, 5.74) is 1.56. The van der Waals surface area contributed by atoms with Crippen molar-refractivity contribution in [2.24, 2.45) is 0 Å². The number of anilines is 2. The Morgan fingerprint density at radius 1 is 1.19 bits per heavy atom. The number of nitrogens with one attached hydrogen (secondary N) is 1. The largest absolute Gasteiger partial charge is 0.321 e. The molecule has 0 spiro atoms. The summed E-state index contributed by atoms with van der Waals surface area (Å²) in [7, 11) is 0. The van der Waals surface area contributed by atoms with Crippen molar-refractivity contribution in [3.8, 4) is 0 Å². The second kappa shape index (κ2) is 7.09. The Labute approximate surface area is 154 Å². The fourth-order valence-corrected chi connectivity index (χ4v) is 3.99. The zero-order chi connectivity index (χ0) is 18.1. The second-order valence-corrected chi connectivity index (χ2v) is 7.16. The van der Waals surface area contributed by atoms with Crippen LogP contribution in [-0.4, -0.2) is 35.3 Å². The highest BCUT2D eigenvalue weighted by atomic mass is 32.2. The minimum atomic E-state index is -1.18. The number of fused-ring (bicyclic) bond motifs is 1. The number of hydrogen-bond donors (Lipinski definition) is 1. The molecule has 2 aromatic carbocycles. The van der Waals surface area contributed by atoms with Gasteiger partial charge < -0.3 is 5.32 Å². The molecule has 0 saturated carbocycles. The number of nitrogens with zero attached hydrogens (tertiary/aromatic N) is 2. The second-order valence-electron chi connectivity index (χ2n) is 6.01. The van der Waals surface area contributed by atoms with Crippen LogP contribution in [0.25, 0.3) is 5.57 Å². The predicted octanol–water partition coefficient (Wildman–Crippen LogP) is 3.88. The van der Waals surface area contributed by atoms with Crippen LogP contribution in [0.5, 0.6) is 0 Å². The molecule has 4 rings (SSSR count). The maximum absolute atomic E-state index is 14.6. The smallest absolute Gasteiger partial charge is 0.258 e. The lowest BCUT2D eigenvalue weighted by Gasteiger charge is -2.39. The predicted molar refractivity (Wildman–Crippen MR) is 101 cm³/mol. The zero-order valence-electron chi connectivity index (χ0n) is 13.9. The summed E-state index contributed by atoms with van der Waals surface area (Å²) in [6.07, 6.45) is 0.345. The van der Waals surface area contributed by atoms with Gasteiger partial charge in [-0.2, -0.15) is 16.8 Å². The molecule has 1 saturated heterocycles. The summed E-state index contributed by atoms with van der Waals surface area (Å²) in [6, 6.07) is 13.7. The van der Waals surface area contributed by atoms with Gasteiger partial charge in [0.05, 0.1) is 16.9 Å². The van der Waals surface area contributed by atoms with Gasteiger partial charge in [-0.25, -0.2) is 8.78 Å². The minimum absolute atomic E-state index is 0.187. The average Bonchev–Trinajstić information content (AvgIpc) is 2.98. The van der Waals surface area contributed by atoms with Gasteiger partial charge in [0.2, 0.25) is 0 Å². The molecular weight excluding hydrogens is 356 g/mol. The van der Waals surface area contributed by atoms with Gasteiger partial charge in [0.25, 0.3) is 5.91 Å². The molecule has 0 radical (unpaired) electrons. The van der Waals surface area contributed by atoms with Gasteiger partial charge in [-0.15, -0.1) is 0 Å². The summed E-state index contributed by atoms with van der Waals surface area (Å²) in [4.78, 5) is 12.4. The Kier molecular flexibility index (Phi) is 4.65. The molecule has 2 aliphatic rings. The third-order valence-electron chi connectivity index (χ3n) is 4.37. The third kappa shape index (κ3) is 3.08. The van der Waals surface area contributed by atoms with Crippen LogP contribution >= 0.6 is 11.8 Å². The number of carbonyl (C=O) groups excluding carboxylic acids is 1. The minimum Gasteiger partial charge on any atom is -0.321 e. The van der Waals surface area contributed by atoms with Crippen molar-refractivity contribution >= 4 is 34.6 Å². The van der Waals surface area contributed by atoms with Crippen molar-refractivity contribution in [2.75, 3.05) is 28.4 Å². The van der Waals surface area contributed by atoms with Crippen LogP contribution in [0.15, 0.2) is 54.7 Å². The molecular formula is C19H17F2N3OS. The van der Waals surface area contributed by atoms with E-state index in [1.165, 1.54) is 12.3 Å². The SMILES string of the molecule is O=C1Nc2cccc(F)c2C1=CN(c1ccccc1)N1CCSCC1F. The first-order valence-corrected chi connectivity index (χ1v) is 9.45. The van der Waals surface area contributed by atoms with Crippen molar-refractivity contribution in [3.05, 3.63) is 66.1 Å². The lowest BCUT2D eigenvalue weighted by Crippen LogP contribution is -2.49. The lowest BCUT2D eigenvalue weighted by molar-refractivity contribution is -0.110. The van der Waals surface area contributed by atoms with E-state index in [1.807, 2.05) is 30.3 Å². The number of alkyl halides is 1. The molecule has 0 aromatic heterocycles. The number of amides is 1.